The second-order valence-electron chi connectivity index (χ2n) is 13.7. The number of amides is 3. The fourth-order valence-electron chi connectivity index (χ4n) is 5.93. The van der Waals surface area contributed by atoms with E-state index in [0.717, 1.165) is 0 Å². The zero-order chi connectivity index (χ0) is 45.4. The summed E-state index contributed by atoms with van der Waals surface area (Å²) in [5, 5.41) is 40.9. The lowest BCUT2D eigenvalue weighted by Crippen LogP contribution is -2.35. The van der Waals surface area contributed by atoms with E-state index in [4.69, 9.17) is 14.2 Å². The minimum Gasteiger partial charge on any atom is -0.492 e. The Hall–Kier alpha value is -8.71. The average molecular weight is 870 g/mol. The van der Waals surface area contributed by atoms with Crippen molar-refractivity contribution in [3.63, 3.8) is 0 Å². The van der Waals surface area contributed by atoms with Crippen LogP contribution in [0.1, 0.15) is 31.1 Å². The van der Waals surface area contributed by atoms with Crippen LogP contribution < -0.4 is 30.2 Å². The molecular weight excluding hydrogens is 831 g/mol. The maximum Gasteiger partial charge on any atom is 0.269 e. The molecule has 0 bridgehead atoms. The fourth-order valence-corrected chi connectivity index (χ4v) is 5.93. The van der Waals surface area contributed by atoms with Crippen LogP contribution >= 0.6 is 0 Å². The van der Waals surface area contributed by atoms with Gasteiger partial charge >= 0.3 is 0 Å². The van der Waals surface area contributed by atoms with Crippen molar-refractivity contribution in [2.24, 2.45) is 0 Å². The van der Waals surface area contributed by atoms with Gasteiger partial charge in [-0.1, -0.05) is 0 Å². The molecule has 0 aliphatic rings. The van der Waals surface area contributed by atoms with Gasteiger partial charge < -0.3 is 30.2 Å². The van der Waals surface area contributed by atoms with Crippen molar-refractivity contribution in [1.29, 1.82) is 0 Å². The van der Waals surface area contributed by atoms with Crippen LogP contribution in [0.25, 0.3) is 0 Å². The summed E-state index contributed by atoms with van der Waals surface area (Å²) in [6.45, 7) is 2.18. The summed E-state index contributed by atoms with van der Waals surface area (Å²) < 4.78 is 18.0. The largest absolute Gasteiger partial charge is 0.492 e. The number of nitrogens with one attached hydrogen (secondary N) is 3. The van der Waals surface area contributed by atoms with Crippen molar-refractivity contribution in [1.82, 2.24) is 4.90 Å². The molecule has 0 radical (unpaired) electrons. The van der Waals surface area contributed by atoms with E-state index < -0.39 is 32.5 Å². The van der Waals surface area contributed by atoms with E-state index >= 15 is 0 Å². The van der Waals surface area contributed by atoms with E-state index in [-0.39, 0.29) is 36.9 Å². The van der Waals surface area contributed by atoms with Crippen LogP contribution in [0.3, 0.4) is 0 Å². The lowest BCUT2D eigenvalue weighted by Gasteiger charge is -2.23. The van der Waals surface area contributed by atoms with Gasteiger partial charge in [0.25, 0.3) is 34.8 Å². The molecule has 0 heterocycles. The number of non-ortho nitro benzene ring substituents is 3. The van der Waals surface area contributed by atoms with Gasteiger partial charge in [-0.15, -0.1) is 0 Å². The molecule has 0 aliphatic carbocycles. The summed E-state index contributed by atoms with van der Waals surface area (Å²) in [6, 6.07) is 36.1. The molecule has 6 aromatic carbocycles. The maximum absolute atomic E-state index is 12.7. The highest BCUT2D eigenvalue weighted by Crippen LogP contribution is 2.21. The summed E-state index contributed by atoms with van der Waals surface area (Å²) in [6.07, 6.45) is 0. The first-order chi connectivity index (χ1) is 30.9. The van der Waals surface area contributed by atoms with Crippen molar-refractivity contribution in [3.8, 4) is 17.2 Å². The Morgan fingerprint density at radius 1 is 0.391 bits per heavy atom. The fraction of sp³-hybridized carbons (Fsp3) is 0.133. The SMILES string of the molecule is O=C(Nc1ccc([N+](=O)[O-])cc1)c1ccc(OCCN(CCOc2ccc(C(=O)Nc3ccc([N+](=O)[O-])cc3)cc2)CCOc2ccc(C(=O)Nc3ccc([N+](=O)[O-])cc3)cc2)cc1. The van der Waals surface area contributed by atoms with Gasteiger partial charge in [0.2, 0.25) is 0 Å². The van der Waals surface area contributed by atoms with E-state index in [9.17, 15) is 44.7 Å². The second-order valence-corrected chi connectivity index (χ2v) is 13.7. The first-order valence-corrected chi connectivity index (χ1v) is 19.5. The molecule has 19 nitrogen and oxygen atoms in total. The molecule has 0 aliphatic heterocycles. The summed E-state index contributed by atoms with van der Waals surface area (Å²) in [4.78, 5) is 71.5. The number of hydrogen-bond donors (Lipinski definition) is 3. The van der Waals surface area contributed by atoms with Gasteiger partial charge in [-0.3, -0.25) is 49.6 Å². The number of nitro benzene ring substituents is 3. The van der Waals surface area contributed by atoms with Gasteiger partial charge in [-0.05, 0) is 109 Å². The van der Waals surface area contributed by atoms with Gasteiger partial charge in [0.05, 0.1) is 14.8 Å². The van der Waals surface area contributed by atoms with E-state index in [0.29, 0.717) is 70.6 Å². The monoisotopic (exact) mass is 869 g/mol. The van der Waals surface area contributed by atoms with Crippen LogP contribution in [-0.2, 0) is 0 Å². The van der Waals surface area contributed by atoms with Crippen LogP contribution in [0.2, 0.25) is 0 Å². The molecule has 6 rings (SSSR count). The third kappa shape index (κ3) is 13.1. The topological polar surface area (TPSA) is 248 Å². The Bertz CT molecular complexity index is 2290. The number of carbonyl (C=O) groups excluding carboxylic acids is 3. The van der Waals surface area contributed by atoms with Crippen LogP contribution in [0, 0.1) is 30.3 Å². The number of ether oxygens (including phenoxy) is 3. The van der Waals surface area contributed by atoms with Crippen molar-refractivity contribution in [2.75, 3.05) is 55.4 Å². The summed E-state index contributed by atoms with van der Waals surface area (Å²) in [5.41, 5.74) is 2.04. The van der Waals surface area contributed by atoms with Crippen molar-refractivity contribution in [3.05, 3.63) is 193 Å². The van der Waals surface area contributed by atoms with Gasteiger partial charge in [0, 0.05) is 89.8 Å². The molecule has 326 valence electrons. The first-order valence-electron chi connectivity index (χ1n) is 19.5. The van der Waals surface area contributed by atoms with Gasteiger partial charge in [0.15, 0.2) is 0 Å². The summed E-state index contributed by atoms with van der Waals surface area (Å²) in [5.74, 6) is 0.380. The number of anilines is 3. The number of nitro groups is 3. The minimum atomic E-state index is -0.522. The standard InChI is InChI=1S/C45H39N7O12/c53-43(46-34-7-13-37(14-8-34)50(56)57)31-1-19-40(20-2-31)62-28-25-49(26-29-63-41-21-3-32(4-22-41)44(54)47-35-9-15-38(16-10-35)51(58)59)27-30-64-42-23-5-33(6-24-42)45(55)48-36-11-17-39(18-12-36)52(60)61/h1-24H,25-30H2,(H,46,53)(H,47,54)(H,48,55). The third-order valence-electron chi connectivity index (χ3n) is 9.39. The molecule has 19 heteroatoms. The normalized spacial score (nSPS) is 10.6. The van der Waals surface area contributed by atoms with Crippen molar-refractivity contribution in [2.45, 2.75) is 0 Å². The highest BCUT2D eigenvalue weighted by atomic mass is 16.6. The van der Waals surface area contributed by atoms with Crippen LogP contribution in [0.15, 0.2) is 146 Å². The van der Waals surface area contributed by atoms with Gasteiger partial charge in [0.1, 0.15) is 37.1 Å². The van der Waals surface area contributed by atoms with E-state index in [1.165, 1.54) is 72.8 Å². The molecule has 0 fully saturated rings. The second kappa shape index (κ2) is 21.7. The van der Waals surface area contributed by atoms with Gasteiger partial charge in [-0.25, -0.2) is 0 Å². The quantitative estimate of drug-likeness (QED) is 0.0459. The Morgan fingerprint density at radius 3 is 0.844 bits per heavy atom. The van der Waals surface area contributed by atoms with Gasteiger partial charge in [-0.2, -0.15) is 0 Å². The number of carbonyl (C=O) groups is 3. The van der Waals surface area contributed by atoms with Crippen LogP contribution in [0.4, 0.5) is 34.1 Å². The lowest BCUT2D eigenvalue weighted by molar-refractivity contribution is -0.385. The third-order valence-corrected chi connectivity index (χ3v) is 9.39. The zero-order valence-corrected chi connectivity index (χ0v) is 33.8. The van der Waals surface area contributed by atoms with E-state index in [1.54, 1.807) is 72.8 Å². The summed E-state index contributed by atoms with van der Waals surface area (Å²) >= 11 is 0. The minimum absolute atomic E-state index is 0.0887. The molecule has 0 saturated heterocycles. The van der Waals surface area contributed by atoms with E-state index in [1.807, 2.05) is 0 Å². The highest BCUT2D eigenvalue weighted by molar-refractivity contribution is 6.05. The number of rotatable bonds is 21. The average Bonchev–Trinajstić information content (AvgIpc) is 3.30. The molecule has 3 N–H and O–H groups in total. The number of nitrogens with zero attached hydrogens (tertiary/aromatic N) is 4. The Labute approximate surface area is 364 Å². The molecule has 0 unspecified atom stereocenters. The van der Waals surface area contributed by atoms with Crippen LogP contribution in [-0.4, -0.2) is 76.8 Å². The predicted octanol–water partition coefficient (Wildman–Crippen LogP) is 8.01. The van der Waals surface area contributed by atoms with Crippen molar-refractivity contribution >= 4 is 51.8 Å². The lowest BCUT2D eigenvalue weighted by atomic mass is 10.2. The summed E-state index contributed by atoms with van der Waals surface area (Å²) in [7, 11) is 0. The maximum atomic E-state index is 12.7. The molecule has 3 amide bonds. The molecule has 0 aromatic heterocycles. The first kappa shape index (κ1) is 44.8. The van der Waals surface area contributed by atoms with E-state index in [2.05, 4.69) is 20.9 Å². The molecule has 64 heavy (non-hydrogen) atoms. The van der Waals surface area contributed by atoms with Crippen LogP contribution in [0.5, 0.6) is 17.2 Å². The van der Waals surface area contributed by atoms with Crippen molar-refractivity contribution < 1.29 is 43.4 Å². The predicted molar refractivity (Wildman–Crippen MR) is 235 cm³/mol. The molecule has 0 saturated carbocycles. The molecule has 0 atom stereocenters. The highest BCUT2D eigenvalue weighted by Gasteiger charge is 2.14. The number of hydrogen-bond acceptors (Lipinski definition) is 13. The molecular formula is C45H39N7O12. The molecule has 6 aromatic rings. The Balaban J connectivity index is 1.01. The Kier molecular flexibility index (Phi) is 15.2. The Morgan fingerprint density at radius 2 is 0.625 bits per heavy atom. The molecule has 0 spiro atoms. The number of benzene rings is 6. The smallest absolute Gasteiger partial charge is 0.269 e. The zero-order valence-electron chi connectivity index (χ0n) is 33.8.